The van der Waals surface area contributed by atoms with E-state index in [1.54, 1.807) is 0 Å². The summed E-state index contributed by atoms with van der Waals surface area (Å²) in [4.78, 5) is 22.4. The van der Waals surface area contributed by atoms with E-state index in [4.69, 9.17) is 14.6 Å². The molecule has 1 aromatic rings. The van der Waals surface area contributed by atoms with Crippen LogP contribution in [0.3, 0.4) is 0 Å². The molecular formula is C11H12O6. The number of carboxylic acid groups (broad SMARTS) is 1. The number of hydrogen-bond acceptors (Lipinski definition) is 5. The van der Waals surface area contributed by atoms with Gasteiger partial charge in [-0.05, 0) is 6.92 Å². The SMILES string of the molecule is COc1cc(O)c(C(=O)O)c(OC)c1C(C)=O. The van der Waals surface area contributed by atoms with Gasteiger partial charge < -0.3 is 19.7 Å². The number of ketones is 1. The van der Waals surface area contributed by atoms with Gasteiger partial charge in [0.25, 0.3) is 0 Å². The summed E-state index contributed by atoms with van der Waals surface area (Å²) in [5.74, 6) is -2.46. The molecule has 1 aromatic carbocycles. The molecule has 0 bridgehead atoms. The smallest absolute Gasteiger partial charge is 0.343 e. The second kappa shape index (κ2) is 4.73. The molecule has 0 heterocycles. The Morgan fingerprint density at radius 1 is 1.18 bits per heavy atom. The summed E-state index contributed by atoms with van der Waals surface area (Å²) in [6, 6.07) is 1.07. The molecule has 1 rings (SSSR count). The molecule has 0 saturated heterocycles. The summed E-state index contributed by atoms with van der Waals surface area (Å²) in [7, 11) is 2.52. The number of ether oxygens (including phenoxy) is 2. The van der Waals surface area contributed by atoms with Gasteiger partial charge in [0.1, 0.15) is 22.6 Å². The van der Waals surface area contributed by atoms with Crippen molar-refractivity contribution in [3.63, 3.8) is 0 Å². The third-order valence-electron chi connectivity index (χ3n) is 2.21. The Morgan fingerprint density at radius 2 is 1.76 bits per heavy atom. The van der Waals surface area contributed by atoms with Crippen LogP contribution in [0.15, 0.2) is 6.07 Å². The number of carbonyl (C=O) groups is 2. The molecule has 0 aromatic heterocycles. The van der Waals surface area contributed by atoms with Gasteiger partial charge in [-0.15, -0.1) is 0 Å². The van der Waals surface area contributed by atoms with Crippen molar-refractivity contribution >= 4 is 11.8 Å². The molecule has 0 aliphatic carbocycles. The van der Waals surface area contributed by atoms with E-state index < -0.39 is 23.1 Å². The van der Waals surface area contributed by atoms with Crippen molar-refractivity contribution in [2.45, 2.75) is 6.92 Å². The molecule has 0 radical (unpaired) electrons. The average Bonchev–Trinajstić information content (AvgIpc) is 2.25. The van der Waals surface area contributed by atoms with E-state index in [-0.39, 0.29) is 17.1 Å². The van der Waals surface area contributed by atoms with E-state index in [2.05, 4.69) is 0 Å². The molecule has 6 nitrogen and oxygen atoms in total. The van der Waals surface area contributed by atoms with Crippen LogP contribution in [0.1, 0.15) is 27.6 Å². The Bertz CT molecular complexity index is 477. The first-order valence-corrected chi connectivity index (χ1v) is 4.66. The number of methoxy groups -OCH3 is 2. The Labute approximate surface area is 97.4 Å². The molecule has 92 valence electrons. The fourth-order valence-electron chi connectivity index (χ4n) is 1.53. The fraction of sp³-hybridized carbons (Fsp3) is 0.273. The summed E-state index contributed by atoms with van der Waals surface area (Å²) < 4.78 is 9.79. The van der Waals surface area contributed by atoms with E-state index in [1.807, 2.05) is 0 Å². The molecule has 0 fully saturated rings. The van der Waals surface area contributed by atoms with Gasteiger partial charge >= 0.3 is 5.97 Å². The number of aromatic carboxylic acids is 1. The van der Waals surface area contributed by atoms with Crippen LogP contribution in [-0.2, 0) is 0 Å². The summed E-state index contributed by atoms with van der Waals surface area (Å²) in [6.45, 7) is 1.25. The molecule has 0 aliphatic rings. The van der Waals surface area contributed by atoms with E-state index in [0.29, 0.717) is 0 Å². The minimum absolute atomic E-state index is 0.00907. The molecular weight excluding hydrogens is 228 g/mol. The first-order valence-electron chi connectivity index (χ1n) is 4.66. The highest BCUT2D eigenvalue weighted by molar-refractivity contribution is 6.05. The molecule has 0 unspecified atom stereocenters. The van der Waals surface area contributed by atoms with Gasteiger partial charge in [0.15, 0.2) is 11.5 Å². The van der Waals surface area contributed by atoms with Crippen molar-refractivity contribution in [3.8, 4) is 17.2 Å². The predicted molar refractivity (Wildman–Crippen MR) is 58.2 cm³/mol. The molecule has 0 aliphatic heterocycles. The van der Waals surface area contributed by atoms with Crippen molar-refractivity contribution in [2.75, 3.05) is 14.2 Å². The zero-order chi connectivity index (χ0) is 13.2. The van der Waals surface area contributed by atoms with Crippen LogP contribution in [0.25, 0.3) is 0 Å². The predicted octanol–water partition coefficient (Wildman–Crippen LogP) is 1.31. The number of hydrogen-bond donors (Lipinski definition) is 2. The highest BCUT2D eigenvalue weighted by Crippen LogP contribution is 2.38. The number of phenols is 1. The quantitative estimate of drug-likeness (QED) is 0.771. The van der Waals surface area contributed by atoms with Crippen LogP contribution in [0.2, 0.25) is 0 Å². The van der Waals surface area contributed by atoms with Crippen molar-refractivity contribution in [1.29, 1.82) is 0 Å². The van der Waals surface area contributed by atoms with Crippen LogP contribution in [0.4, 0.5) is 0 Å². The van der Waals surface area contributed by atoms with Gasteiger partial charge in [0, 0.05) is 6.07 Å². The van der Waals surface area contributed by atoms with Crippen LogP contribution >= 0.6 is 0 Å². The topological polar surface area (TPSA) is 93.1 Å². The third kappa shape index (κ3) is 2.15. The van der Waals surface area contributed by atoms with Crippen molar-refractivity contribution < 1.29 is 29.3 Å². The molecule has 17 heavy (non-hydrogen) atoms. The van der Waals surface area contributed by atoms with Crippen LogP contribution in [-0.4, -0.2) is 36.2 Å². The van der Waals surface area contributed by atoms with Gasteiger partial charge in [-0.2, -0.15) is 0 Å². The average molecular weight is 240 g/mol. The number of Topliss-reactive ketones (excluding diaryl/α,β-unsaturated/α-hetero) is 1. The molecule has 0 amide bonds. The second-order valence-electron chi connectivity index (χ2n) is 3.24. The fourth-order valence-corrected chi connectivity index (χ4v) is 1.53. The van der Waals surface area contributed by atoms with E-state index in [1.165, 1.54) is 21.1 Å². The highest BCUT2D eigenvalue weighted by atomic mass is 16.5. The zero-order valence-corrected chi connectivity index (χ0v) is 9.60. The maximum atomic E-state index is 11.5. The van der Waals surface area contributed by atoms with E-state index in [0.717, 1.165) is 6.07 Å². The zero-order valence-electron chi connectivity index (χ0n) is 9.60. The van der Waals surface area contributed by atoms with E-state index in [9.17, 15) is 14.7 Å². The number of carboxylic acids is 1. The molecule has 2 N–H and O–H groups in total. The maximum Gasteiger partial charge on any atom is 0.343 e. The van der Waals surface area contributed by atoms with Crippen LogP contribution in [0, 0.1) is 0 Å². The number of carbonyl (C=O) groups excluding carboxylic acids is 1. The van der Waals surface area contributed by atoms with Gasteiger partial charge in [-0.3, -0.25) is 4.79 Å². The molecule has 0 saturated carbocycles. The lowest BCUT2D eigenvalue weighted by Gasteiger charge is -2.14. The van der Waals surface area contributed by atoms with Gasteiger partial charge in [-0.1, -0.05) is 0 Å². The number of benzene rings is 1. The summed E-state index contributed by atoms with van der Waals surface area (Å²) in [5.41, 5.74) is -0.469. The minimum atomic E-state index is -1.38. The number of rotatable bonds is 4. The summed E-state index contributed by atoms with van der Waals surface area (Å²) >= 11 is 0. The first-order chi connectivity index (χ1) is 7.93. The molecule has 0 atom stereocenters. The molecule has 0 spiro atoms. The van der Waals surface area contributed by atoms with Crippen molar-refractivity contribution in [2.24, 2.45) is 0 Å². The maximum absolute atomic E-state index is 11.5. The Hall–Kier alpha value is -2.24. The lowest BCUT2D eigenvalue weighted by Crippen LogP contribution is -2.08. The van der Waals surface area contributed by atoms with Crippen LogP contribution in [0.5, 0.6) is 17.2 Å². The number of aromatic hydroxyl groups is 1. The largest absolute Gasteiger partial charge is 0.507 e. The summed E-state index contributed by atoms with van der Waals surface area (Å²) in [5, 5.41) is 18.5. The standard InChI is InChI=1S/C11H12O6/c1-5(12)8-7(16-2)4-6(13)9(11(14)15)10(8)17-3/h4,13H,1-3H3,(H,14,15). The van der Waals surface area contributed by atoms with Crippen LogP contribution < -0.4 is 9.47 Å². The molecule has 6 heteroatoms. The first kappa shape index (κ1) is 12.8. The Morgan fingerprint density at radius 3 is 2.12 bits per heavy atom. The minimum Gasteiger partial charge on any atom is -0.507 e. The lowest BCUT2D eigenvalue weighted by atomic mass is 10.0. The Kier molecular flexibility index (Phi) is 3.57. The normalized spacial score (nSPS) is 9.82. The lowest BCUT2D eigenvalue weighted by molar-refractivity contribution is 0.0690. The second-order valence-corrected chi connectivity index (χ2v) is 3.24. The highest BCUT2D eigenvalue weighted by Gasteiger charge is 2.26. The van der Waals surface area contributed by atoms with Crippen molar-refractivity contribution in [1.82, 2.24) is 0 Å². The van der Waals surface area contributed by atoms with Gasteiger partial charge in [-0.25, -0.2) is 4.79 Å². The van der Waals surface area contributed by atoms with E-state index >= 15 is 0 Å². The summed E-state index contributed by atoms with van der Waals surface area (Å²) in [6.07, 6.45) is 0. The van der Waals surface area contributed by atoms with Crippen molar-refractivity contribution in [3.05, 3.63) is 17.2 Å². The Balaban J connectivity index is 3.71. The monoisotopic (exact) mass is 240 g/mol. The van der Waals surface area contributed by atoms with Gasteiger partial charge in [0.2, 0.25) is 0 Å². The third-order valence-corrected chi connectivity index (χ3v) is 2.21. The van der Waals surface area contributed by atoms with Gasteiger partial charge in [0.05, 0.1) is 14.2 Å².